The molecule has 0 spiro atoms. The molecule has 21 heavy (non-hydrogen) atoms. The number of fused-ring (bicyclic) bond motifs is 1. The van der Waals surface area contributed by atoms with Crippen LogP contribution in [0.15, 0.2) is 65.1 Å². The summed E-state index contributed by atoms with van der Waals surface area (Å²) >= 11 is 3.61. The third kappa shape index (κ3) is 2.80. The molecule has 0 aliphatic carbocycles. The van der Waals surface area contributed by atoms with E-state index in [0.717, 1.165) is 26.6 Å². The average molecular weight is 343 g/mol. The van der Waals surface area contributed by atoms with Crippen LogP contribution in [0.5, 0.6) is 11.5 Å². The Morgan fingerprint density at radius 3 is 2.43 bits per heavy atom. The van der Waals surface area contributed by atoms with Crippen molar-refractivity contribution in [3.05, 3.63) is 70.7 Å². The van der Waals surface area contributed by atoms with Crippen molar-refractivity contribution in [3.8, 4) is 11.5 Å². The molecule has 1 N–H and O–H groups in total. The summed E-state index contributed by atoms with van der Waals surface area (Å²) in [6.45, 7) is 1.73. The van der Waals surface area contributed by atoms with Crippen LogP contribution in [0.2, 0.25) is 0 Å². The zero-order valence-electron chi connectivity index (χ0n) is 11.6. The van der Waals surface area contributed by atoms with Crippen LogP contribution in [0.4, 0.5) is 0 Å². The van der Waals surface area contributed by atoms with Gasteiger partial charge in [0.2, 0.25) is 0 Å². The average Bonchev–Trinajstić information content (AvgIpc) is 2.51. The molecule has 0 bridgehead atoms. The molecule has 0 fully saturated rings. The monoisotopic (exact) mass is 342 g/mol. The number of para-hydroxylation sites is 1. The highest BCUT2D eigenvalue weighted by Gasteiger charge is 2.12. The van der Waals surface area contributed by atoms with Crippen LogP contribution in [0.3, 0.4) is 0 Å². The van der Waals surface area contributed by atoms with E-state index in [1.807, 2.05) is 54.6 Å². The number of aliphatic hydroxyl groups excluding tert-OH is 1. The molecule has 0 saturated carbocycles. The van der Waals surface area contributed by atoms with E-state index >= 15 is 0 Å². The van der Waals surface area contributed by atoms with Crippen LogP contribution in [-0.4, -0.2) is 5.11 Å². The highest BCUT2D eigenvalue weighted by Crippen LogP contribution is 2.37. The molecule has 3 heteroatoms. The normalized spacial score (nSPS) is 12.3. The summed E-state index contributed by atoms with van der Waals surface area (Å²) in [4.78, 5) is 0. The van der Waals surface area contributed by atoms with Crippen molar-refractivity contribution in [1.82, 2.24) is 0 Å². The lowest BCUT2D eigenvalue weighted by Gasteiger charge is -2.14. The van der Waals surface area contributed by atoms with Crippen LogP contribution in [-0.2, 0) is 0 Å². The minimum atomic E-state index is -0.569. The molecule has 0 amide bonds. The molecule has 3 aromatic rings. The van der Waals surface area contributed by atoms with Crippen molar-refractivity contribution in [1.29, 1.82) is 0 Å². The second-order valence-electron chi connectivity index (χ2n) is 4.91. The van der Waals surface area contributed by atoms with Crippen LogP contribution in [0.25, 0.3) is 10.8 Å². The first kappa shape index (κ1) is 14.1. The largest absolute Gasteiger partial charge is 0.456 e. The Balaban J connectivity index is 2.05. The summed E-state index contributed by atoms with van der Waals surface area (Å²) in [5.74, 6) is 1.41. The molecule has 0 saturated heterocycles. The summed E-state index contributed by atoms with van der Waals surface area (Å²) in [5, 5.41) is 12.1. The first-order valence-corrected chi connectivity index (χ1v) is 7.58. The quantitative estimate of drug-likeness (QED) is 0.685. The summed E-state index contributed by atoms with van der Waals surface area (Å²) in [6, 6.07) is 19.6. The van der Waals surface area contributed by atoms with Crippen molar-refractivity contribution in [2.75, 3.05) is 0 Å². The SMILES string of the molecule is CC(O)c1ccccc1Oc1ccc2ccccc2c1Br. The molecule has 0 aromatic heterocycles. The number of hydrogen-bond acceptors (Lipinski definition) is 2. The Bertz CT molecular complexity index is 781. The maximum absolute atomic E-state index is 9.83. The third-order valence-corrected chi connectivity index (χ3v) is 4.23. The summed E-state index contributed by atoms with van der Waals surface area (Å²) in [5.41, 5.74) is 0.776. The van der Waals surface area contributed by atoms with Gasteiger partial charge in [0.15, 0.2) is 0 Å². The fourth-order valence-electron chi connectivity index (χ4n) is 2.33. The van der Waals surface area contributed by atoms with Crippen molar-refractivity contribution >= 4 is 26.7 Å². The van der Waals surface area contributed by atoms with Crippen molar-refractivity contribution in [2.24, 2.45) is 0 Å². The molecule has 106 valence electrons. The maximum Gasteiger partial charge on any atom is 0.142 e. The Kier molecular flexibility index (Phi) is 3.95. The third-order valence-electron chi connectivity index (χ3n) is 3.42. The number of aliphatic hydroxyl groups is 1. The Morgan fingerprint density at radius 2 is 1.62 bits per heavy atom. The molecule has 0 aliphatic rings. The van der Waals surface area contributed by atoms with Crippen molar-refractivity contribution in [3.63, 3.8) is 0 Å². The zero-order chi connectivity index (χ0) is 14.8. The van der Waals surface area contributed by atoms with E-state index < -0.39 is 6.10 Å². The van der Waals surface area contributed by atoms with E-state index in [0.29, 0.717) is 5.75 Å². The second-order valence-corrected chi connectivity index (χ2v) is 5.71. The fraction of sp³-hybridized carbons (Fsp3) is 0.111. The Morgan fingerprint density at radius 1 is 0.905 bits per heavy atom. The minimum Gasteiger partial charge on any atom is -0.456 e. The van der Waals surface area contributed by atoms with Crippen LogP contribution in [0.1, 0.15) is 18.6 Å². The van der Waals surface area contributed by atoms with Gasteiger partial charge in [0.25, 0.3) is 0 Å². The Hall–Kier alpha value is -1.84. The van der Waals surface area contributed by atoms with Gasteiger partial charge in [0, 0.05) is 5.56 Å². The van der Waals surface area contributed by atoms with Crippen LogP contribution < -0.4 is 4.74 Å². The van der Waals surface area contributed by atoms with E-state index in [-0.39, 0.29) is 0 Å². The molecule has 3 rings (SSSR count). The van der Waals surface area contributed by atoms with Gasteiger partial charge in [-0.15, -0.1) is 0 Å². The Labute approximate surface area is 132 Å². The van der Waals surface area contributed by atoms with E-state index in [2.05, 4.69) is 22.0 Å². The molecule has 0 heterocycles. The molecular weight excluding hydrogens is 328 g/mol. The smallest absolute Gasteiger partial charge is 0.142 e. The summed E-state index contributed by atoms with van der Waals surface area (Å²) in [6.07, 6.45) is -0.569. The van der Waals surface area contributed by atoms with E-state index in [1.165, 1.54) is 0 Å². The molecule has 3 aromatic carbocycles. The van der Waals surface area contributed by atoms with Gasteiger partial charge in [-0.3, -0.25) is 0 Å². The van der Waals surface area contributed by atoms with Crippen LogP contribution >= 0.6 is 15.9 Å². The zero-order valence-corrected chi connectivity index (χ0v) is 13.2. The van der Waals surface area contributed by atoms with Crippen molar-refractivity contribution in [2.45, 2.75) is 13.0 Å². The summed E-state index contributed by atoms with van der Waals surface area (Å²) < 4.78 is 6.92. The van der Waals surface area contributed by atoms with Crippen LogP contribution in [0, 0.1) is 0 Å². The van der Waals surface area contributed by atoms with Gasteiger partial charge in [-0.2, -0.15) is 0 Å². The number of halogens is 1. The number of hydrogen-bond donors (Lipinski definition) is 1. The van der Waals surface area contributed by atoms with Gasteiger partial charge in [-0.25, -0.2) is 0 Å². The number of ether oxygens (including phenoxy) is 1. The predicted molar refractivity (Wildman–Crippen MR) is 88.8 cm³/mol. The lowest BCUT2D eigenvalue weighted by Crippen LogP contribution is -1.96. The minimum absolute atomic E-state index is 0.569. The highest BCUT2D eigenvalue weighted by molar-refractivity contribution is 9.10. The molecule has 1 unspecified atom stereocenters. The molecule has 0 radical (unpaired) electrons. The molecular formula is C18H15BrO2. The van der Waals surface area contributed by atoms with Crippen molar-refractivity contribution < 1.29 is 9.84 Å². The first-order valence-electron chi connectivity index (χ1n) is 6.79. The van der Waals surface area contributed by atoms with Gasteiger partial charge in [0.05, 0.1) is 10.6 Å². The lowest BCUT2D eigenvalue weighted by molar-refractivity contribution is 0.195. The van der Waals surface area contributed by atoms with E-state index in [4.69, 9.17) is 4.74 Å². The second kappa shape index (κ2) is 5.88. The lowest BCUT2D eigenvalue weighted by atomic mass is 10.1. The maximum atomic E-state index is 9.83. The van der Waals surface area contributed by atoms with Gasteiger partial charge >= 0.3 is 0 Å². The van der Waals surface area contributed by atoms with E-state index in [1.54, 1.807) is 6.92 Å². The summed E-state index contributed by atoms with van der Waals surface area (Å²) in [7, 11) is 0. The van der Waals surface area contributed by atoms with E-state index in [9.17, 15) is 5.11 Å². The van der Waals surface area contributed by atoms with Gasteiger partial charge in [-0.05, 0) is 45.8 Å². The highest BCUT2D eigenvalue weighted by atomic mass is 79.9. The topological polar surface area (TPSA) is 29.5 Å². The number of rotatable bonds is 3. The first-order chi connectivity index (χ1) is 10.2. The fourth-order valence-corrected chi connectivity index (χ4v) is 2.90. The molecule has 0 aliphatic heterocycles. The van der Waals surface area contributed by atoms with Gasteiger partial charge < -0.3 is 9.84 Å². The van der Waals surface area contributed by atoms with Gasteiger partial charge in [-0.1, -0.05) is 48.5 Å². The molecule has 2 nitrogen and oxygen atoms in total. The molecule has 1 atom stereocenters. The number of benzene rings is 3. The standard InChI is InChI=1S/C18H15BrO2/c1-12(20)14-7-4-5-9-16(14)21-17-11-10-13-6-2-3-8-15(13)18(17)19/h2-12,20H,1H3. The van der Waals surface area contributed by atoms with Gasteiger partial charge in [0.1, 0.15) is 11.5 Å². The predicted octanol–water partition coefficient (Wildman–Crippen LogP) is 5.45.